The molecule has 2 aromatic carbocycles. The maximum Gasteiger partial charge on any atom is 0.252 e. The molecular formula is C21H21Cl2N3O3. The van der Waals surface area contributed by atoms with E-state index in [9.17, 15) is 14.4 Å². The third-order valence-corrected chi connectivity index (χ3v) is 5.23. The fraction of sp³-hybridized carbons (Fsp3) is 0.286. The van der Waals surface area contributed by atoms with E-state index < -0.39 is 0 Å². The standard InChI is InChI=1S/C21H21Cl2N3O3/c22-16-6-7-17(18(23)11-16)21(29)25-9-8-24-20(28)15-10-19(27)26(13-15)12-14-4-2-1-3-5-14/h1-7,11,15H,8-10,12-13H2,(H,24,28)(H,25,29). The van der Waals surface area contributed by atoms with Gasteiger partial charge in [0, 0.05) is 37.6 Å². The molecule has 6 nitrogen and oxygen atoms in total. The van der Waals surface area contributed by atoms with Crippen molar-refractivity contribution in [2.24, 2.45) is 5.92 Å². The number of rotatable bonds is 7. The summed E-state index contributed by atoms with van der Waals surface area (Å²) in [6, 6.07) is 14.3. The summed E-state index contributed by atoms with van der Waals surface area (Å²) < 4.78 is 0. The zero-order chi connectivity index (χ0) is 20.8. The van der Waals surface area contributed by atoms with Gasteiger partial charge in [-0.2, -0.15) is 0 Å². The molecule has 0 bridgehead atoms. The second kappa shape index (κ2) is 9.76. The summed E-state index contributed by atoms with van der Waals surface area (Å²) in [6.07, 6.45) is 0.200. The summed E-state index contributed by atoms with van der Waals surface area (Å²) in [7, 11) is 0. The van der Waals surface area contributed by atoms with E-state index in [-0.39, 0.29) is 48.2 Å². The molecular weight excluding hydrogens is 413 g/mol. The van der Waals surface area contributed by atoms with E-state index in [0.717, 1.165) is 5.56 Å². The number of amides is 3. The topological polar surface area (TPSA) is 78.5 Å². The first-order chi connectivity index (χ1) is 13.9. The molecule has 2 aromatic rings. The number of likely N-dealkylation sites (tertiary alicyclic amines) is 1. The highest BCUT2D eigenvalue weighted by molar-refractivity contribution is 6.36. The molecule has 1 heterocycles. The van der Waals surface area contributed by atoms with Crippen LogP contribution in [0.15, 0.2) is 48.5 Å². The number of benzene rings is 2. The van der Waals surface area contributed by atoms with E-state index in [2.05, 4.69) is 10.6 Å². The van der Waals surface area contributed by atoms with Crippen molar-refractivity contribution >= 4 is 40.9 Å². The van der Waals surface area contributed by atoms with Crippen LogP contribution in [0.1, 0.15) is 22.3 Å². The largest absolute Gasteiger partial charge is 0.354 e. The highest BCUT2D eigenvalue weighted by atomic mass is 35.5. The van der Waals surface area contributed by atoms with Gasteiger partial charge in [0.15, 0.2) is 0 Å². The fourth-order valence-corrected chi connectivity index (χ4v) is 3.67. The minimum absolute atomic E-state index is 0.0281. The van der Waals surface area contributed by atoms with Gasteiger partial charge in [0.05, 0.1) is 16.5 Å². The van der Waals surface area contributed by atoms with Crippen LogP contribution in [0.3, 0.4) is 0 Å². The van der Waals surface area contributed by atoms with E-state index in [0.29, 0.717) is 23.7 Å². The summed E-state index contributed by atoms with van der Waals surface area (Å²) in [4.78, 5) is 38.4. The highest BCUT2D eigenvalue weighted by Crippen LogP contribution is 2.21. The summed E-state index contributed by atoms with van der Waals surface area (Å²) >= 11 is 11.8. The van der Waals surface area contributed by atoms with Crippen molar-refractivity contribution in [2.75, 3.05) is 19.6 Å². The lowest BCUT2D eigenvalue weighted by Gasteiger charge is -2.16. The van der Waals surface area contributed by atoms with Crippen LogP contribution >= 0.6 is 23.2 Å². The predicted octanol–water partition coefficient (Wildman–Crippen LogP) is 2.89. The maximum absolute atomic E-state index is 12.4. The fourth-order valence-electron chi connectivity index (χ4n) is 3.18. The van der Waals surface area contributed by atoms with Gasteiger partial charge in [-0.25, -0.2) is 0 Å². The molecule has 0 radical (unpaired) electrons. The smallest absolute Gasteiger partial charge is 0.252 e. The molecule has 29 heavy (non-hydrogen) atoms. The van der Waals surface area contributed by atoms with Crippen molar-refractivity contribution in [1.29, 1.82) is 0 Å². The van der Waals surface area contributed by atoms with Crippen LogP contribution in [0.2, 0.25) is 10.0 Å². The minimum atomic E-state index is -0.382. The molecule has 1 unspecified atom stereocenters. The highest BCUT2D eigenvalue weighted by Gasteiger charge is 2.33. The Morgan fingerprint density at radius 1 is 1.03 bits per heavy atom. The monoisotopic (exact) mass is 433 g/mol. The average Bonchev–Trinajstić information content (AvgIpc) is 3.06. The van der Waals surface area contributed by atoms with E-state index in [1.54, 1.807) is 17.0 Å². The SMILES string of the molecule is O=C(NCCNC(=O)C1CC(=O)N(Cc2ccccc2)C1)c1ccc(Cl)cc1Cl. The number of halogens is 2. The van der Waals surface area contributed by atoms with E-state index in [1.165, 1.54) is 6.07 Å². The Hall–Kier alpha value is -2.57. The van der Waals surface area contributed by atoms with Gasteiger partial charge in [-0.15, -0.1) is 0 Å². The summed E-state index contributed by atoms with van der Waals surface area (Å²) in [6.45, 7) is 1.41. The second-order valence-corrected chi connectivity index (χ2v) is 7.68. The second-order valence-electron chi connectivity index (χ2n) is 6.83. The third-order valence-electron chi connectivity index (χ3n) is 4.69. The minimum Gasteiger partial charge on any atom is -0.354 e. The number of carbonyl (C=O) groups is 3. The van der Waals surface area contributed by atoms with Crippen LogP contribution in [-0.4, -0.2) is 42.3 Å². The Morgan fingerprint density at radius 2 is 1.76 bits per heavy atom. The van der Waals surface area contributed by atoms with Crippen molar-refractivity contribution < 1.29 is 14.4 Å². The molecule has 152 valence electrons. The van der Waals surface area contributed by atoms with Gasteiger partial charge < -0.3 is 15.5 Å². The van der Waals surface area contributed by atoms with E-state index in [4.69, 9.17) is 23.2 Å². The van der Waals surface area contributed by atoms with Gasteiger partial charge in [-0.1, -0.05) is 53.5 Å². The quantitative estimate of drug-likeness (QED) is 0.658. The van der Waals surface area contributed by atoms with Gasteiger partial charge in [0.1, 0.15) is 0 Å². The lowest BCUT2D eigenvalue weighted by Crippen LogP contribution is -2.38. The molecule has 1 aliphatic rings. The number of nitrogens with one attached hydrogen (secondary N) is 2. The first-order valence-corrected chi connectivity index (χ1v) is 10.0. The molecule has 3 amide bonds. The maximum atomic E-state index is 12.4. The summed E-state index contributed by atoms with van der Waals surface area (Å²) in [5.74, 6) is -0.939. The van der Waals surface area contributed by atoms with Crippen molar-refractivity contribution in [2.45, 2.75) is 13.0 Å². The first kappa shape index (κ1) is 21.1. The predicted molar refractivity (Wildman–Crippen MR) is 112 cm³/mol. The summed E-state index contributed by atoms with van der Waals surface area (Å²) in [5, 5.41) is 6.19. The lowest BCUT2D eigenvalue weighted by molar-refractivity contribution is -0.129. The molecule has 1 saturated heterocycles. The molecule has 1 atom stereocenters. The van der Waals surface area contributed by atoms with Gasteiger partial charge in [0.25, 0.3) is 5.91 Å². The Kier molecular flexibility index (Phi) is 7.12. The van der Waals surface area contributed by atoms with Crippen molar-refractivity contribution in [1.82, 2.24) is 15.5 Å². The van der Waals surface area contributed by atoms with Crippen LogP contribution in [0.5, 0.6) is 0 Å². The molecule has 1 aliphatic heterocycles. The number of nitrogens with zero attached hydrogens (tertiary/aromatic N) is 1. The number of hydrogen-bond donors (Lipinski definition) is 2. The zero-order valence-corrected chi connectivity index (χ0v) is 17.2. The Bertz CT molecular complexity index is 905. The molecule has 0 aliphatic carbocycles. The normalized spacial score (nSPS) is 16.0. The molecule has 0 aromatic heterocycles. The average molecular weight is 434 g/mol. The number of hydrogen-bond acceptors (Lipinski definition) is 3. The molecule has 8 heteroatoms. The lowest BCUT2D eigenvalue weighted by atomic mass is 10.1. The molecule has 0 spiro atoms. The molecule has 1 fully saturated rings. The van der Waals surface area contributed by atoms with E-state index in [1.807, 2.05) is 30.3 Å². The van der Waals surface area contributed by atoms with Crippen molar-refractivity contribution in [3.63, 3.8) is 0 Å². The van der Waals surface area contributed by atoms with Gasteiger partial charge in [-0.05, 0) is 23.8 Å². The van der Waals surface area contributed by atoms with Crippen molar-refractivity contribution in [3.8, 4) is 0 Å². The zero-order valence-electron chi connectivity index (χ0n) is 15.7. The van der Waals surface area contributed by atoms with E-state index >= 15 is 0 Å². The molecule has 2 N–H and O–H groups in total. The number of carbonyl (C=O) groups excluding carboxylic acids is 3. The van der Waals surface area contributed by atoms with Crippen LogP contribution in [0.4, 0.5) is 0 Å². The Labute approximate surface area is 179 Å². The van der Waals surface area contributed by atoms with Crippen molar-refractivity contribution in [3.05, 3.63) is 69.7 Å². The summed E-state index contributed by atoms with van der Waals surface area (Å²) in [5.41, 5.74) is 1.35. The van der Waals surface area contributed by atoms with Gasteiger partial charge in [0.2, 0.25) is 11.8 Å². The Balaban J connectivity index is 1.41. The molecule has 3 rings (SSSR count). The Morgan fingerprint density at radius 3 is 2.48 bits per heavy atom. The van der Waals surface area contributed by atoms with Crippen LogP contribution < -0.4 is 10.6 Å². The van der Waals surface area contributed by atoms with Crippen LogP contribution in [-0.2, 0) is 16.1 Å². The van der Waals surface area contributed by atoms with Crippen LogP contribution in [0, 0.1) is 5.92 Å². The van der Waals surface area contributed by atoms with Crippen LogP contribution in [0.25, 0.3) is 0 Å². The van der Waals surface area contributed by atoms with Gasteiger partial charge in [-0.3, -0.25) is 14.4 Å². The third kappa shape index (κ3) is 5.71. The van der Waals surface area contributed by atoms with Gasteiger partial charge >= 0.3 is 0 Å². The first-order valence-electron chi connectivity index (χ1n) is 9.26. The molecule has 0 saturated carbocycles.